The SMILES string of the molecule is CCOC(=O)C(/C=C/c1ccc(NC(=O)CCCCCNc2ccc([N+](=O)[O-])c3nonc23)cc1)=C/C=O.[2H]PC. The highest BCUT2D eigenvalue weighted by atomic mass is 31.0. The Balaban J connectivity index is 0.00000187. The van der Waals surface area contributed by atoms with E-state index in [2.05, 4.69) is 25.6 Å². The fraction of sp³-hybridized carbons (Fsp3) is 0.296. The summed E-state index contributed by atoms with van der Waals surface area (Å²) in [4.78, 5) is 45.4. The third kappa shape index (κ3) is 9.70. The van der Waals surface area contributed by atoms with Crippen molar-refractivity contribution in [3.8, 4) is 0 Å². The molecule has 0 aliphatic carbocycles. The predicted molar refractivity (Wildman–Crippen MR) is 156 cm³/mol. The Morgan fingerprint density at radius 1 is 1.15 bits per heavy atom. The summed E-state index contributed by atoms with van der Waals surface area (Å²) in [7, 11) is 0.333. The van der Waals surface area contributed by atoms with Crippen LogP contribution in [0.3, 0.4) is 0 Å². The minimum absolute atomic E-state index is 0.0943. The number of anilines is 2. The number of amides is 1. The summed E-state index contributed by atoms with van der Waals surface area (Å²) in [6.07, 6.45) is 7.47. The van der Waals surface area contributed by atoms with E-state index in [1.807, 2.05) is 6.66 Å². The third-order valence-electron chi connectivity index (χ3n) is 5.40. The molecule has 0 bridgehead atoms. The van der Waals surface area contributed by atoms with Gasteiger partial charge in [-0.15, -0.1) is 9.18 Å². The molecule has 0 spiro atoms. The van der Waals surface area contributed by atoms with Crippen LogP contribution >= 0.6 is 9.18 Å². The molecule has 1 unspecified atom stereocenters. The molecule has 212 valence electrons. The zero-order valence-electron chi connectivity index (χ0n) is 23.2. The number of hydrogen-bond donors (Lipinski definition) is 2. The van der Waals surface area contributed by atoms with Gasteiger partial charge in [-0.25, -0.2) is 9.42 Å². The van der Waals surface area contributed by atoms with Crippen molar-refractivity contribution < 1.29 is 28.7 Å². The number of fused-ring (bicyclic) bond motifs is 1. The first-order valence-corrected chi connectivity index (χ1v) is 13.5. The summed E-state index contributed by atoms with van der Waals surface area (Å²) in [6, 6.07) is 9.98. The molecule has 1 heterocycles. The highest BCUT2D eigenvalue weighted by Crippen LogP contribution is 2.28. The van der Waals surface area contributed by atoms with E-state index >= 15 is 0 Å². The number of nitrogens with zero attached hydrogens (tertiary/aromatic N) is 3. The Kier molecular flexibility index (Phi) is 13.0. The summed E-state index contributed by atoms with van der Waals surface area (Å²) >= 11 is 0. The molecule has 1 amide bonds. The predicted octanol–water partition coefficient (Wildman–Crippen LogP) is 4.93. The minimum Gasteiger partial charge on any atom is -0.462 e. The number of nitro benzene ring substituents is 1. The van der Waals surface area contributed by atoms with E-state index in [-0.39, 0.29) is 29.3 Å². The normalized spacial score (nSPS) is 11.7. The average Bonchev–Trinajstić information content (AvgIpc) is 3.44. The number of aromatic nitrogens is 2. The van der Waals surface area contributed by atoms with Gasteiger partial charge < -0.3 is 15.4 Å². The standard InChI is InChI=1S/C26H27N5O7.CH5P/c1-2-37-26(34)19(15-17-32)10-7-18-8-11-20(12-9-18)28-23(33)6-4-3-5-16-27-21-13-14-22(31(35)36)25-24(21)29-38-30-25;1-2/h7-15,17,27H,2-6,16H2,1H3,(H,28,33);2H2,1H3/b10-7+,19-15+;/i;2D. The van der Waals surface area contributed by atoms with Crippen LogP contribution in [0.4, 0.5) is 17.1 Å². The number of carbonyl (C=O) groups excluding carboxylic acids is 3. The van der Waals surface area contributed by atoms with Crippen LogP contribution in [0.1, 0.15) is 38.2 Å². The summed E-state index contributed by atoms with van der Waals surface area (Å²) in [6.45, 7) is 4.31. The molecule has 0 saturated heterocycles. The summed E-state index contributed by atoms with van der Waals surface area (Å²) < 4.78 is 15.8. The van der Waals surface area contributed by atoms with Crippen molar-refractivity contribution in [3.63, 3.8) is 0 Å². The molecule has 2 aromatic carbocycles. The number of hydrogen-bond acceptors (Lipinski definition) is 10. The number of rotatable bonds is 14. The van der Waals surface area contributed by atoms with Crippen LogP contribution in [-0.4, -0.2) is 54.5 Å². The molecule has 0 saturated carbocycles. The minimum atomic E-state index is -0.577. The molecule has 13 heteroatoms. The highest BCUT2D eigenvalue weighted by Gasteiger charge is 2.19. The van der Waals surface area contributed by atoms with Crippen molar-refractivity contribution in [2.75, 3.05) is 30.5 Å². The van der Waals surface area contributed by atoms with Gasteiger partial charge in [0, 0.05) is 24.7 Å². The van der Waals surface area contributed by atoms with Crippen molar-refractivity contribution in [1.29, 1.82) is 1.28 Å². The molecule has 0 fully saturated rings. The molecule has 3 rings (SSSR count). The Morgan fingerprint density at radius 3 is 2.55 bits per heavy atom. The number of benzene rings is 2. The van der Waals surface area contributed by atoms with Gasteiger partial charge in [-0.1, -0.05) is 31.3 Å². The number of carbonyl (C=O) groups is 3. The number of esters is 1. The molecular weight excluding hydrogens is 537 g/mol. The highest BCUT2D eigenvalue weighted by molar-refractivity contribution is 7.15. The molecular formula is C27H32N5O7P. The van der Waals surface area contributed by atoms with Crippen LogP contribution in [0, 0.1) is 10.1 Å². The molecule has 3 aromatic rings. The lowest BCUT2D eigenvalue weighted by Gasteiger charge is -2.07. The van der Waals surface area contributed by atoms with E-state index in [0.29, 0.717) is 51.7 Å². The molecule has 1 atom stereocenters. The summed E-state index contributed by atoms with van der Waals surface area (Å²) in [5, 5.41) is 24.4. The fourth-order valence-corrected chi connectivity index (χ4v) is 3.52. The Hall–Kier alpha value is -4.44. The maximum Gasteiger partial charge on any atom is 0.338 e. The first kappa shape index (κ1) is 30.1. The monoisotopic (exact) mass is 570 g/mol. The first-order valence-electron chi connectivity index (χ1n) is 13.0. The second-order valence-corrected chi connectivity index (χ2v) is 8.07. The lowest BCUT2D eigenvalue weighted by atomic mass is 10.1. The van der Waals surface area contributed by atoms with Crippen molar-refractivity contribution >= 4 is 61.5 Å². The van der Waals surface area contributed by atoms with Gasteiger partial charge in [0.15, 0.2) is 5.52 Å². The maximum absolute atomic E-state index is 12.3. The van der Waals surface area contributed by atoms with Crippen LogP contribution in [0.5, 0.6) is 0 Å². The topological polar surface area (TPSA) is 167 Å². The van der Waals surface area contributed by atoms with Crippen LogP contribution in [0.2, 0.25) is 0 Å². The summed E-state index contributed by atoms with van der Waals surface area (Å²) in [5.74, 6) is -0.683. The van der Waals surface area contributed by atoms with Gasteiger partial charge in [0.05, 0.1) is 24.1 Å². The Labute approximate surface area is 234 Å². The second kappa shape index (κ2) is 17.2. The second-order valence-electron chi connectivity index (χ2n) is 8.07. The van der Waals surface area contributed by atoms with Crippen LogP contribution in [0.25, 0.3) is 17.1 Å². The zero-order chi connectivity index (χ0) is 30.0. The molecule has 0 aliphatic heterocycles. The number of nitro groups is 1. The quantitative estimate of drug-likeness (QED) is 0.0396. The number of aldehydes is 1. The lowest BCUT2D eigenvalue weighted by Crippen LogP contribution is -2.11. The zero-order valence-corrected chi connectivity index (χ0v) is 23.2. The van der Waals surface area contributed by atoms with Gasteiger partial charge in [0.1, 0.15) is 6.29 Å². The fourth-order valence-electron chi connectivity index (χ4n) is 3.52. The van der Waals surface area contributed by atoms with Crippen molar-refractivity contribution in [2.45, 2.75) is 32.6 Å². The van der Waals surface area contributed by atoms with E-state index < -0.39 is 10.9 Å². The molecule has 12 nitrogen and oxygen atoms in total. The van der Waals surface area contributed by atoms with Crippen molar-refractivity contribution in [3.05, 3.63) is 69.8 Å². The van der Waals surface area contributed by atoms with Crippen molar-refractivity contribution in [1.82, 2.24) is 10.3 Å². The maximum atomic E-state index is 12.3. The molecule has 2 N–H and O–H groups in total. The van der Waals surface area contributed by atoms with Gasteiger partial charge >= 0.3 is 11.7 Å². The van der Waals surface area contributed by atoms with E-state index in [4.69, 9.17) is 6.02 Å². The number of allylic oxidation sites excluding steroid dienone is 1. The summed E-state index contributed by atoms with van der Waals surface area (Å²) in [5.41, 5.74) is 2.40. The van der Waals surface area contributed by atoms with Gasteiger partial charge in [-0.2, -0.15) is 0 Å². The van der Waals surface area contributed by atoms with Crippen LogP contribution < -0.4 is 10.6 Å². The molecule has 0 radical (unpaired) electrons. The lowest BCUT2D eigenvalue weighted by molar-refractivity contribution is -0.383. The van der Waals surface area contributed by atoms with E-state index in [1.54, 1.807) is 43.3 Å². The third-order valence-corrected chi connectivity index (χ3v) is 5.40. The number of unbranched alkanes of at least 4 members (excludes halogenated alkanes) is 2. The van der Waals surface area contributed by atoms with E-state index in [9.17, 15) is 24.5 Å². The van der Waals surface area contributed by atoms with Crippen LogP contribution in [-0.2, 0) is 19.1 Å². The number of nitrogens with one attached hydrogen (secondary N) is 2. The largest absolute Gasteiger partial charge is 0.462 e. The number of non-ortho nitro benzene ring substituents is 1. The Bertz CT molecular complexity index is 1380. The van der Waals surface area contributed by atoms with E-state index in [0.717, 1.165) is 24.5 Å². The smallest absolute Gasteiger partial charge is 0.338 e. The van der Waals surface area contributed by atoms with Crippen LogP contribution in [0.15, 0.2) is 58.8 Å². The molecule has 1 aromatic heterocycles. The van der Waals surface area contributed by atoms with Gasteiger partial charge in [0.2, 0.25) is 11.4 Å². The van der Waals surface area contributed by atoms with E-state index in [1.165, 1.54) is 12.1 Å². The molecule has 0 aliphatic rings. The molecule has 40 heavy (non-hydrogen) atoms. The number of ether oxygens (including phenoxy) is 1. The Morgan fingerprint density at radius 2 is 1.88 bits per heavy atom. The van der Waals surface area contributed by atoms with Gasteiger partial charge in [0.25, 0.3) is 0 Å². The van der Waals surface area contributed by atoms with Gasteiger partial charge in [-0.05, 0) is 66.0 Å². The first-order chi connectivity index (χ1) is 19.8. The average molecular weight is 571 g/mol. The van der Waals surface area contributed by atoms with Crippen molar-refractivity contribution in [2.24, 2.45) is 0 Å². The van der Waals surface area contributed by atoms with Gasteiger partial charge in [-0.3, -0.25) is 19.7 Å².